The lowest BCUT2D eigenvalue weighted by Gasteiger charge is -2.06. The van der Waals surface area contributed by atoms with E-state index in [9.17, 15) is 0 Å². The Morgan fingerprint density at radius 3 is 2.26 bits per heavy atom. The van der Waals surface area contributed by atoms with Gasteiger partial charge in [-0.2, -0.15) is 0 Å². The van der Waals surface area contributed by atoms with Crippen molar-refractivity contribution in [1.29, 1.82) is 0 Å². The molecule has 0 aromatic heterocycles. The quantitative estimate of drug-likeness (QED) is 0.718. The average Bonchev–Trinajstić information content (AvgIpc) is 2.48. The summed E-state index contributed by atoms with van der Waals surface area (Å²) >= 11 is 0. The summed E-state index contributed by atoms with van der Waals surface area (Å²) in [7, 11) is 0.694. The molecule has 1 N–H and O–H groups in total. The van der Waals surface area contributed by atoms with Gasteiger partial charge in [-0.1, -0.05) is 48.5 Å². The van der Waals surface area contributed by atoms with Crippen LogP contribution in [0.5, 0.6) is 5.75 Å². The van der Waals surface area contributed by atoms with Crippen molar-refractivity contribution in [3.8, 4) is 16.9 Å². The Kier molecular flexibility index (Phi) is 3.21. The van der Waals surface area contributed by atoms with Gasteiger partial charge in [0, 0.05) is 0 Å². The fraction of sp³-hybridized carbons (Fsp3) is 0. The zero-order valence-corrected chi connectivity index (χ0v) is 10.3. The molecule has 0 spiro atoms. The second kappa shape index (κ2) is 5.16. The smallest absolute Gasteiger partial charge is 0.537 e. The molecule has 3 rings (SSSR count). The fourth-order valence-corrected chi connectivity index (χ4v) is 2.17. The maximum atomic E-state index is 8.64. The maximum Gasteiger partial charge on any atom is 0.569 e. The normalized spacial score (nSPS) is 10.4. The average molecular weight is 247 g/mol. The second-order valence-corrected chi connectivity index (χ2v) is 4.31. The minimum absolute atomic E-state index is 0.627. The highest BCUT2D eigenvalue weighted by Crippen LogP contribution is 2.26. The standard InChI is InChI=1S/C16H12BO2/c18-17-19-16-9-8-14-10-13(6-7-15(14)11-16)12-4-2-1-3-5-12/h1-11,18H. The van der Waals surface area contributed by atoms with Crippen LogP contribution in [0.2, 0.25) is 0 Å². The lowest BCUT2D eigenvalue weighted by Crippen LogP contribution is -1.99. The summed E-state index contributed by atoms with van der Waals surface area (Å²) in [5.74, 6) is 0.627. The zero-order valence-electron chi connectivity index (χ0n) is 10.3. The van der Waals surface area contributed by atoms with Crippen molar-refractivity contribution < 1.29 is 9.68 Å². The van der Waals surface area contributed by atoms with Crippen LogP contribution in [-0.4, -0.2) is 12.7 Å². The third kappa shape index (κ3) is 2.46. The van der Waals surface area contributed by atoms with E-state index in [4.69, 9.17) is 9.68 Å². The van der Waals surface area contributed by atoms with E-state index in [1.807, 2.05) is 36.4 Å². The monoisotopic (exact) mass is 247 g/mol. The van der Waals surface area contributed by atoms with Crippen LogP contribution in [0.1, 0.15) is 0 Å². The van der Waals surface area contributed by atoms with E-state index >= 15 is 0 Å². The van der Waals surface area contributed by atoms with Crippen molar-refractivity contribution in [2.75, 3.05) is 0 Å². The SMILES string of the molecule is O[B]Oc1ccc2cc(-c3ccccc3)ccc2c1. The van der Waals surface area contributed by atoms with E-state index in [1.54, 1.807) is 0 Å². The minimum Gasteiger partial charge on any atom is -0.537 e. The second-order valence-electron chi connectivity index (χ2n) is 4.31. The van der Waals surface area contributed by atoms with Gasteiger partial charge in [0.2, 0.25) is 0 Å². The molecule has 3 heteroatoms. The van der Waals surface area contributed by atoms with Crippen LogP contribution in [0.25, 0.3) is 21.9 Å². The maximum absolute atomic E-state index is 8.64. The van der Waals surface area contributed by atoms with Gasteiger partial charge in [0.25, 0.3) is 0 Å². The number of hydrogen-bond donors (Lipinski definition) is 1. The molecule has 2 nitrogen and oxygen atoms in total. The van der Waals surface area contributed by atoms with Crippen LogP contribution in [0.15, 0.2) is 66.7 Å². The van der Waals surface area contributed by atoms with Crippen molar-refractivity contribution in [2.24, 2.45) is 0 Å². The van der Waals surface area contributed by atoms with E-state index in [-0.39, 0.29) is 0 Å². The Morgan fingerprint density at radius 1 is 0.737 bits per heavy atom. The van der Waals surface area contributed by atoms with E-state index in [0.717, 1.165) is 10.8 Å². The highest BCUT2D eigenvalue weighted by molar-refractivity contribution is 6.17. The molecule has 0 fully saturated rings. The molecule has 91 valence electrons. The van der Waals surface area contributed by atoms with Crippen LogP contribution in [-0.2, 0) is 0 Å². The molecule has 3 aromatic rings. The molecule has 0 heterocycles. The van der Waals surface area contributed by atoms with Gasteiger partial charge < -0.3 is 9.68 Å². The largest absolute Gasteiger partial charge is 0.569 e. The molecule has 0 saturated heterocycles. The van der Waals surface area contributed by atoms with Gasteiger partial charge in [-0.3, -0.25) is 0 Å². The molecule has 0 amide bonds. The van der Waals surface area contributed by atoms with Crippen LogP contribution in [0, 0.1) is 0 Å². The van der Waals surface area contributed by atoms with Crippen molar-refractivity contribution >= 4 is 18.5 Å². The summed E-state index contributed by atoms with van der Waals surface area (Å²) in [6.07, 6.45) is 0. The summed E-state index contributed by atoms with van der Waals surface area (Å²) < 4.78 is 4.96. The van der Waals surface area contributed by atoms with Gasteiger partial charge in [-0.05, 0) is 40.1 Å². The molecule has 0 aliphatic rings. The zero-order chi connectivity index (χ0) is 13.1. The predicted molar refractivity (Wildman–Crippen MR) is 78.0 cm³/mol. The molecule has 0 aliphatic carbocycles. The van der Waals surface area contributed by atoms with Gasteiger partial charge in [0.05, 0.1) is 0 Å². The topological polar surface area (TPSA) is 29.5 Å². The number of fused-ring (bicyclic) bond motifs is 1. The number of rotatable bonds is 3. The first-order chi connectivity index (χ1) is 9.36. The first kappa shape index (κ1) is 11.8. The molecule has 1 radical (unpaired) electrons. The van der Waals surface area contributed by atoms with Crippen molar-refractivity contribution in [1.82, 2.24) is 0 Å². The summed E-state index contributed by atoms with van der Waals surface area (Å²) in [6, 6.07) is 22.3. The van der Waals surface area contributed by atoms with E-state index in [0.29, 0.717) is 13.4 Å². The Hall–Kier alpha value is -2.26. The Bertz CT molecular complexity index is 695. The molecule has 0 unspecified atom stereocenters. The van der Waals surface area contributed by atoms with Crippen LogP contribution >= 0.6 is 0 Å². The summed E-state index contributed by atoms with van der Waals surface area (Å²) in [4.78, 5) is 0. The van der Waals surface area contributed by atoms with Gasteiger partial charge in [-0.25, -0.2) is 0 Å². The third-order valence-corrected chi connectivity index (χ3v) is 3.11. The summed E-state index contributed by atoms with van der Waals surface area (Å²) in [5, 5.41) is 10.9. The molecule has 3 aromatic carbocycles. The lowest BCUT2D eigenvalue weighted by molar-refractivity contribution is 0.454. The minimum atomic E-state index is 0.627. The molecule has 0 aliphatic heterocycles. The van der Waals surface area contributed by atoms with Gasteiger partial charge >= 0.3 is 7.69 Å². The summed E-state index contributed by atoms with van der Waals surface area (Å²) in [6.45, 7) is 0. The molecule has 0 atom stereocenters. The van der Waals surface area contributed by atoms with E-state index in [2.05, 4.69) is 30.3 Å². The number of hydrogen-bond acceptors (Lipinski definition) is 2. The molecule has 0 bridgehead atoms. The predicted octanol–water partition coefficient (Wildman–Crippen LogP) is 3.41. The molecule has 0 saturated carbocycles. The van der Waals surface area contributed by atoms with Gasteiger partial charge in [0.1, 0.15) is 5.75 Å². The van der Waals surface area contributed by atoms with E-state index in [1.165, 1.54) is 11.1 Å². The third-order valence-electron chi connectivity index (χ3n) is 3.11. The number of benzene rings is 3. The lowest BCUT2D eigenvalue weighted by atomic mass is 10.0. The van der Waals surface area contributed by atoms with Crippen LogP contribution in [0.3, 0.4) is 0 Å². The van der Waals surface area contributed by atoms with Crippen molar-refractivity contribution in [3.05, 3.63) is 66.7 Å². The first-order valence-corrected chi connectivity index (χ1v) is 6.08. The van der Waals surface area contributed by atoms with Crippen molar-refractivity contribution in [2.45, 2.75) is 0 Å². The Labute approximate surface area is 112 Å². The van der Waals surface area contributed by atoms with Crippen molar-refractivity contribution in [3.63, 3.8) is 0 Å². The van der Waals surface area contributed by atoms with Gasteiger partial charge in [-0.15, -0.1) is 0 Å². The fourth-order valence-electron chi connectivity index (χ4n) is 2.17. The van der Waals surface area contributed by atoms with E-state index < -0.39 is 0 Å². The van der Waals surface area contributed by atoms with Gasteiger partial charge in [0.15, 0.2) is 0 Å². The Morgan fingerprint density at radius 2 is 1.47 bits per heavy atom. The Balaban J connectivity index is 2.05. The highest BCUT2D eigenvalue weighted by Gasteiger charge is 2.01. The molecular formula is C16H12BO2. The first-order valence-electron chi connectivity index (χ1n) is 6.08. The van der Waals surface area contributed by atoms with Crippen LogP contribution < -0.4 is 4.65 Å². The summed E-state index contributed by atoms with van der Waals surface area (Å²) in [5.41, 5.74) is 2.39. The van der Waals surface area contributed by atoms with Crippen LogP contribution in [0.4, 0.5) is 0 Å². The highest BCUT2D eigenvalue weighted by atomic mass is 16.5. The molecular weight excluding hydrogens is 235 g/mol. The molecule has 19 heavy (non-hydrogen) atoms.